The first-order valence-electron chi connectivity index (χ1n) is 8.01. The number of rotatable bonds is 3. The van der Waals surface area contributed by atoms with E-state index >= 15 is 0 Å². The van der Waals surface area contributed by atoms with Crippen molar-refractivity contribution in [3.05, 3.63) is 64.5 Å². The van der Waals surface area contributed by atoms with E-state index in [1.807, 2.05) is 18.2 Å². The lowest BCUT2D eigenvalue weighted by atomic mass is 10.1. The zero-order chi connectivity index (χ0) is 17.4. The van der Waals surface area contributed by atoms with Crippen molar-refractivity contribution in [1.29, 1.82) is 0 Å². The fraction of sp³-hybridized carbons (Fsp3) is 0.294. The Labute approximate surface area is 143 Å². The van der Waals surface area contributed by atoms with Crippen molar-refractivity contribution in [1.82, 2.24) is 24.5 Å². The van der Waals surface area contributed by atoms with Crippen LogP contribution < -0.4 is 10.9 Å². The molecule has 4 heterocycles. The fourth-order valence-electron chi connectivity index (χ4n) is 3.16. The van der Waals surface area contributed by atoms with Gasteiger partial charge in [0.1, 0.15) is 17.4 Å². The van der Waals surface area contributed by atoms with E-state index in [2.05, 4.69) is 15.4 Å². The maximum Gasteiger partial charge on any atom is 0.270 e. The molecule has 0 radical (unpaired) electrons. The van der Waals surface area contributed by atoms with Crippen LogP contribution in [0.15, 0.2) is 47.5 Å². The number of carbonyl (C=O) groups is 1. The molecule has 8 nitrogen and oxygen atoms in total. The van der Waals surface area contributed by atoms with Crippen LogP contribution in [0.1, 0.15) is 22.2 Å². The Morgan fingerprint density at radius 1 is 1.28 bits per heavy atom. The highest BCUT2D eigenvalue weighted by Crippen LogP contribution is 2.18. The quantitative estimate of drug-likeness (QED) is 0.753. The van der Waals surface area contributed by atoms with Crippen molar-refractivity contribution in [2.75, 3.05) is 13.2 Å². The van der Waals surface area contributed by atoms with E-state index in [-0.39, 0.29) is 23.6 Å². The molecule has 1 aliphatic rings. The molecule has 3 aromatic rings. The topological polar surface area (TPSA) is 90.5 Å². The van der Waals surface area contributed by atoms with Gasteiger partial charge >= 0.3 is 0 Å². The number of carbonyl (C=O) groups excluding carboxylic acids is 1. The first kappa shape index (κ1) is 15.5. The SMILES string of the molecule is Cc1nc2ccccn2c1C(=O)NC1COCC1n1ncccc1=O. The molecule has 0 bridgehead atoms. The third-order valence-electron chi connectivity index (χ3n) is 4.34. The molecule has 128 valence electrons. The summed E-state index contributed by atoms with van der Waals surface area (Å²) < 4.78 is 8.59. The second kappa shape index (κ2) is 6.14. The molecular formula is C17H17N5O3. The summed E-state index contributed by atoms with van der Waals surface area (Å²) in [6.07, 6.45) is 3.35. The Bertz CT molecular complexity index is 993. The highest BCUT2D eigenvalue weighted by molar-refractivity contribution is 5.94. The van der Waals surface area contributed by atoms with E-state index in [1.165, 1.54) is 10.7 Å². The number of nitrogens with zero attached hydrogens (tertiary/aromatic N) is 4. The van der Waals surface area contributed by atoms with Gasteiger partial charge in [0.15, 0.2) is 0 Å². The van der Waals surface area contributed by atoms with E-state index in [1.54, 1.807) is 29.8 Å². The predicted molar refractivity (Wildman–Crippen MR) is 89.5 cm³/mol. The van der Waals surface area contributed by atoms with Crippen molar-refractivity contribution >= 4 is 11.6 Å². The number of hydrogen-bond acceptors (Lipinski definition) is 5. The van der Waals surface area contributed by atoms with Crippen molar-refractivity contribution in [3.8, 4) is 0 Å². The molecule has 3 aromatic heterocycles. The first-order valence-corrected chi connectivity index (χ1v) is 8.01. The minimum Gasteiger partial charge on any atom is -0.377 e. The molecule has 2 atom stereocenters. The smallest absolute Gasteiger partial charge is 0.270 e. The number of fused-ring (bicyclic) bond motifs is 1. The van der Waals surface area contributed by atoms with Crippen LogP contribution in [0.2, 0.25) is 0 Å². The average Bonchev–Trinajstić information content (AvgIpc) is 3.18. The molecule has 1 N–H and O–H groups in total. The number of pyridine rings is 1. The van der Waals surface area contributed by atoms with Gasteiger partial charge in [-0.2, -0.15) is 5.10 Å². The monoisotopic (exact) mass is 339 g/mol. The number of aryl methyl sites for hydroxylation is 1. The first-order chi connectivity index (χ1) is 12.1. The number of amides is 1. The Kier molecular flexibility index (Phi) is 3.81. The lowest BCUT2D eigenvalue weighted by molar-refractivity contribution is 0.0918. The Balaban J connectivity index is 1.63. The molecule has 1 saturated heterocycles. The van der Waals surface area contributed by atoms with E-state index < -0.39 is 0 Å². The average molecular weight is 339 g/mol. The number of ether oxygens (including phenoxy) is 1. The van der Waals surface area contributed by atoms with Gasteiger partial charge in [0.05, 0.1) is 24.9 Å². The molecule has 0 aliphatic carbocycles. The molecule has 0 aromatic carbocycles. The van der Waals surface area contributed by atoms with E-state index in [0.717, 1.165) is 0 Å². The minimum atomic E-state index is -0.339. The number of nitrogens with one attached hydrogen (secondary N) is 1. The molecule has 0 spiro atoms. The molecular weight excluding hydrogens is 322 g/mol. The predicted octanol–water partition coefficient (Wildman–Crippen LogP) is 0.569. The van der Waals surface area contributed by atoms with Gasteiger partial charge in [0.25, 0.3) is 11.5 Å². The maximum absolute atomic E-state index is 12.8. The highest BCUT2D eigenvalue weighted by Gasteiger charge is 2.33. The van der Waals surface area contributed by atoms with Gasteiger partial charge in [-0.25, -0.2) is 9.67 Å². The Hall–Kier alpha value is -3.00. The molecule has 25 heavy (non-hydrogen) atoms. The van der Waals surface area contributed by atoms with Gasteiger partial charge in [-0.15, -0.1) is 0 Å². The Morgan fingerprint density at radius 2 is 2.16 bits per heavy atom. The molecule has 1 aliphatic heterocycles. The van der Waals surface area contributed by atoms with Gasteiger partial charge in [0, 0.05) is 18.5 Å². The Morgan fingerprint density at radius 3 is 3.00 bits per heavy atom. The van der Waals surface area contributed by atoms with Crippen LogP contribution >= 0.6 is 0 Å². The third-order valence-corrected chi connectivity index (χ3v) is 4.34. The summed E-state index contributed by atoms with van der Waals surface area (Å²) in [5.41, 5.74) is 1.62. The van der Waals surface area contributed by atoms with Crippen molar-refractivity contribution in [2.45, 2.75) is 19.0 Å². The van der Waals surface area contributed by atoms with Gasteiger partial charge in [-0.1, -0.05) is 6.07 Å². The summed E-state index contributed by atoms with van der Waals surface area (Å²) in [7, 11) is 0. The summed E-state index contributed by atoms with van der Waals surface area (Å²) in [6, 6.07) is 7.92. The standard InChI is InChI=1S/C17H17N5O3/c1-11-16(21-8-3-2-5-14(21)19-11)17(24)20-12-9-25-10-13(12)22-15(23)6-4-7-18-22/h2-8,12-13H,9-10H2,1H3,(H,20,24). The fourth-order valence-corrected chi connectivity index (χ4v) is 3.16. The van der Waals surface area contributed by atoms with Crippen LogP contribution in [0.3, 0.4) is 0 Å². The lowest BCUT2D eigenvalue weighted by Gasteiger charge is -2.20. The summed E-state index contributed by atoms with van der Waals surface area (Å²) in [4.78, 5) is 29.2. The van der Waals surface area contributed by atoms with Crippen LogP contribution in [-0.2, 0) is 4.74 Å². The second-order valence-corrected chi connectivity index (χ2v) is 5.97. The largest absolute Gasteiger partial charge is 0.377 e. The van der Waals surface area contributed by atoms with Crippen LogP contribution in [0.4, 0.5) is 0 Å². The second-order valence-electron chi connectivity index (χ2n) is 5.97. The molecule has 1 amide bonds. The lowest BCUT2D eigenvalue weighted by Crippen LogP contribution is -2.44. The summed E-state index contributed by atoms with van der Waals surface area (Å²) in [6.45, 7) is 2.46. The zero-order valence-corrected chi connectivity index (χ0v) is 13.6. The van der Waals surface area contributed by atoms with Crippen LogP contribution in [0.25, 0.3) is 5.65 Å². The maximum atomic E-state index is 12.8. The van der Waals surface area contributed by atoms with Crippen LogP contribution in [-0.4, -0.2) is 44.3 Å². The summed E-state index contributed by atoms with van der Waals surface area (Å²) in [5, 5.41) is 7.07. The molecule has 0 saturated carbocycles. The number of aromatic nitrogens is 4. The van der Waals surface area contributed by atoms with Crippen LogP contribution in [0, 0.1) is 6.92 Å². The number of hydrogen-bond donors (Lipinski definition) is 1. The van der Waals surface area contributed by atoms with E-state index in [4.69, 9.17) is 4.74 Å². The summed E-state index contributed by atoms with van der Waals surface area (Å²) >= 11 is 0. The van der Waals surface area contributed by atoms with Crippen molar-refractivity contribution < 1.29 is 9.53 Å². The molecule has 1 fully saturated rings. The molecule has 2 unspecified atom stereocenters. The molecule has 8 heteroatoms. The number of imidazole rings is 1. The van der Waals surface area contributed by atoms with Crippen LogP contribution in [0.5, 0.6) is 0 Å². The van der Waals surface area contributed by atoms with Gasteiger partial charge in [0.2, 0.25) is 0 Å². The zero-order valence-electron chi connectivity index (χ0n) is 13.6. The highest BCUT2D eigenvalue weighted by atomic mass is 16.5. The van der Waals surface area contributed by atoms with E-state index in [9.17, 15) is 9.59 Å². The third kappa shape index (κ3) is 2.70. The van der Waals surface area contributed by atoms with Gasteiger partial charge < -0.3 is 10.1 Å². The van der Waals surface area contributed by atoms with E-state index in [0.29, 0.717) is 30.2 Å². The normalized spacial score (nSPS) is 20.0. The minimum absolute atomic E-state index is 0.219. The van der Waals surface area contributed by atoms with Crippen molar-refractivity contribution in [2.24, 2.45) is 0 Å². The summed E-state index contributed by atoms with van der Waals surface area (Å²) in [5.74, 6) is -0.249. The van der Waals surface area contributed by atoms with Crippen molar-refractivity contribution in [3.63, 3.8) is 0 Å². The molecule has 4 rings (SSSR count). The van der Waals surface area contributed by atoms with Gasteiger partial charge in [-0.3, -0.25) is 14.0 Å². The van der Waals surface area contributed by atoms with Gasteiger partial charge in [-0.05, 0) is 25.1 Å².